The molecule has 0 amide bonds. The summed E-state index contributed by atoms with van der Waals surface area (Å²) in [5.41, 5.74) is 2.82. The number of allylic oxidation sites excluding steroid dienone is 4. The third-order valence-corrected chi connectivity index (χ3v) is 5.81. The fraction of sp³-hybridized carbons (Fsp3) is 0.483. The standard InChI is InChI=1S/C29H42O6/c1-8-29(6,35-26-15-14-24(30)18-23(26)19-27(32)34-7)16-10-12-21(4)11-9-13-22(5)28(33)25(31)17-20(2)3/h8,12-15,17-18,25,28,30-31,33H,1,9-11,16,19H2,2-7H3/b21-12+,22-13+. The average Bonchev–Trinajstić information content (AvgIpc) is 2.79. The largest absolute Gasteiger partial charge is 0.508 e. The van der Waals surface area contributed by atoms with Crippen molar-refractivity contribution in [3.8, 4) is 11.5 Å². The first-order chi connectivity index (χ1) is 16.4. The van der Waals surface area contributed by atoms with Crippen molar-refractivity contribution < 1.29 is 29.6 Å². The fourth-order valence-electron chi connectivity index (χ4n) is 3.53. The Morgan fingerprint density at radius 3 is 2.43 bits per heavy atom. The minimum atomic E-state index is -0.899. The maximum absolute atomic E-state index is 11.7. The van der Waals surface area contributed by atoms with E-state index in [9.17, 15) is 20.1 Å². The van der Waals surface area contributed by atoms with Gasteiger partial charge in [0.2, 0.25) is 0 Å². The van der Waals surface area contributed by atoms with Crippen molar-refractivity contribution in [1.29, 1.82) is 0 Å². The molecule has 0 aliphatic rings. The quantitative estimate of drug-likeness (QED) is 0.235. The van der Waals surface area contributed by atoms with Gasteiger partial charge in [-0.1, -0.05) is 36.0 Å². The number of methoxy groups -OCH3 is 1. The van der Waals surface area contributed by atoms with E-state index in [2.05, 4.69) is 19.6 Å². The third-order valence-electron chi connectivity index (χ3n) is 5.81. The molecular weight excluding hydrogens is 444 g/mol. The van der Waals surface area contributed by atoms with E-state index in [-0.39, 0.29) is 12.2 Å². The first-order valence-corrected chi connectivity index (χ1v) is 12.0. The van der Waals surface area contributed by atoms with Crippen LogP contribution in [0.15, 0.2) is 65.8 Å². The number of aliphatic hydroxyl groups is 2. The van der Waals surface area contributed by atoms with Crippen LogP contribution in [-0.4, -0.2) is 46.2 Å². The van der Waals surface area contributed by atoms with Crippen molar-refractivity contribution in [2.24, 2.45) is 0 Å². The van der Waals surface area contributed by atoms with Gasteiger partial charge >= 0.3 is 5.97 Å². The van der Waals surface area contributed by atoms with Crippen LogP contribution in [0.5, 0.6) is 11.5 Å². The van der Waals surface area contributed by atoms with Gasteiger partial charge in [-0.05, 0) is 90.2 Å². The highest BCUT2D eigenvalue weighted by Gasteiger charge is 2.24. The second kappa shape index (κ2) is 14.5. The molecule has 0 heterocycles. The Balaban J connectivity index is 2.72. The number of esters is 1. The van der Waals surface area contributed by atoms with Crippen LogP contribution in [0.25, 0.3) is 0 Å². The van der Waals surface area contributed by atoms with Gasteiger partial charge in [0.25, 0.3) is 0 Å². The normalized spacial score (nSPS) is 15.5. The highest BCUT2D eigenvalue weighted by molar-refractivity contribution is 5.73. The van der Waals surface area contributed by atoms with Gasteiger partial charge in [-0.2, -0.15) is 0 Å². The van der Waals surface area contributed by atoms with Crippen LogP contribution < -0.4 is 4.74 Å². The van der Waals surface area contributed by atoms with Gasteiger partial charge in [-0.3, -0.25) is 4.79 Å². The van der Waals surface area contributed by atoms with Crippen LogP contribution in [0, 0.1) is 0 Å². The predicted octanol–water partition coefficient (Wildman–Crippen LogP) is 5.57. The molecule has 35 heavy (non-hydrogen) atoms. The minimum Gasteiger partial charge on any atom is -0.508 e. The molecule has 0 aromatic heterocycles. The lowest BCUT2D eigenvalue weighted by molar-refractivity contribution is -0.139. The van der Waals surface area contributed by atoms with Crippen LogP contribution in [0.4, 0.5) is 0 Å². The zero-order chi connectivity index (χ0) is 26.6. The van der Waals surface area contributed by atoms with Crippen LogP contribution in [0.3, 0.4) is 0 Å². The van der Waals surface area contributed by atoms with E-state index in [0.717, 1.165) is 30.4 Å². The molecule has 1 rings (SSSR count). The van der Waals surface area contributed by atoms with Gasteiger partial charge in [0.15, 0.2) is 0 Å². The fourth-order valence-corrected chi connectivity index (χ4v) is 3.53. The van der Waals surface area contributed by atoms with Crippen LogP contribution in [0.2, 0.25) is 0 Å². The summed E-state index contributed by atoms with van der Waals surface area (Å²) in [6, 6.07) is 4.67. The molecule has 0 radical (unpaired) electrons. The molecular formula is C29H42O6. The van der Waals surface area contributed by atoms with Crippen molar-refractivity contribution in [2.45, 2.75) is 84.5 Å². The molecule has 194 valence electrons. The van der Waals surface area contributed by atoms with E-state index in [1.807, 2.05) is 33.8 Å². The number of carbonyl (C=O) groups excluding carboxylic acids is 1. The zero-order valence-electron chi connectivity index (χ0n) is 22.0. The average molecular weight is 487 g/mol. The van der Waals surface area contributed by atoms with Gasteiger partial charge in [-0.15, -0.1) is 0 Å². The molecule has 0 spiro atoms. The Labute approximate surface area is 210 Å². The number of phenols is 1. The SMILES string of the molecule is C=CC(C)(CC/C=C(\C)CC/C=C(\C)C(O)C(O)C=C(C)C)Oc1ccc(O)cc1CC(=O)OC. The van der Waals surface area contributed by atoms with Gasteiger partial charge < -0.3 is 24.8 Å². The van der Waals surface area contributed by atoms with Crippen molar-refractivity contribution in [3.63, 3.8) is 0 Å². The first-order valence-electron chi connectivity index (χ1n) is 12.0. The second-order valence-corrected chi connectivity index (χ2v) is 9.42. The van der Waals surface area contributed by atoms with Gasteiger partial charge in [-0.25, -0.2) is 0 Å². The van der Waals surface area contributed by atoms with Gasteiger partial charge in [0, 0.05) is 5.56 Å². The molecule has 0 bridgehead atoms. The number of hydrogen-bond acceptors (Lipinski definition) is 6. The molecule has 3 N–H and O–H groups in total. The van der Waals surface area contributed by atoms with Crippen molar-refractivity contribution >= 4 is 5.97 Å². The number of aromatic hydroxyl groups is 1. The van der Waals surface area contributed by atoms with Gasteiger partial charge in [0.05, 0.1) is 13.5 Å². The van der Waals surface area contributed by atoms with E-state index < -0.39 is 23.8 Å². The number of rotatable bonds is 14. The smallest absolute Gasteiger partial charge is 0.310 e. The third kappa shape index (κ3) is 11.0. The van der Waals surface area contributed by atoms with Gasteiger partial charge in [0.1, 0.15) is 29.3 Å². The van der Waals surface area contributed by atoms with Crippen molar-refractivity contribution in [2.75, 3.05) is 7.11 Å². The molecule has 6 nitrogen and oxygen atoms in total. The summed E-state index contributed by atoms with van der Waals surface area (Å²) in [6.07, 6.45) is 8.79. The number of aliphatic hydroxyl groups excluding tert-OH is 2. The minimum absolute atomic E-state index is 0.000530. The monoisotopic (exact) mass is 486 g/mol. The molecule has 3 unspecified atom stereocenters. The zero-order valence-corrected chi connectivity index (χ0v) is 22.0. The Morgan fingerprint density at radius 2 is 1.83 bits per heavy atom. The molecule has 1 aromatic carbocycles. The maximum Gasteiger partial charge on any atom is 0.310 e. The molecule has 0 fully saturated rings. The Bertz CT molecular complexity index is 938. The molecule has 3 atom stereocenters. The second-order valence-electron chi connectivity index (χ2n) is 9.42. The number of benzene rings is 1. The summed E-state index contributed by atoms with van der Waals surface area (Å²) in [5.74, 6) is 0.145. The molecule has 0 saturated carbocycles. The lowest BCUT2D eigenvalue weighted by Gasteiger charge is -2.28. The summed E-state index contributed by atoms with van der Waals surface area (Å²) in [4.78, 5) is 11.7. The first kappa shape index (κ1) is 30.2. The summed E-state index contributed by atoms with van der Waals surface area (Å²) in [6.45, 7) is 13.5. The van der Waals surface area contributed by atoms with E-state index in [1.165, 1.54) is 24.8 Å². The summed E-state index contributed by atoms with van der Waals surface area (Å²) in [7, 11) is 1.32. The molecule has 0 aliphatic carbocycles. The summed E-state index contributed by atoms with van der Waals surface area (Å²) < 4.78 is 11.0. The van der Waals surface area contributed by atoms with E-state index in [1.54, 1.807) is 18.2 Å². The highest BCUT2D eigenvalue weighted by atomic mass is 16.5. The van der Waals surface area contributed by atoms with Crippen molar-refractivity contribution in [3.05, 3.63) is 71.4 Å². The highest BCUT2D eigenvalue weighted by Crippen LogP contribution is 2.30. The van der Waals surface area contributed by atoms with E-state index in [0.29, 0.717) is 17.7 Å². The molecule has 0 aliphatic heterocycles. The Kier molecular flexibility index (Phi) is 12.5. The molecule has 6 heteroatoms. The number of ether oxygens (including phenoxy) is 2. The summed E-state index contributed by atoms with van der Waals surface area (Å²) in [5, 5.41) is 30.1. The summed E-state index contributed by atoms with van der Waals surface area (Å²) >= 11 is 0. The van der Waals surface area contributed by atoms with E-state index in [4.69, 9.17) is 9.47 Å². The van der Waals surface area contributed by atoms with E-state index >= 15 is 0 Å². The maximum atomic E-state index is 11.7. The predicted molar refractivity (Wildman–Crippen MR) is 140 cm³/mol. The Hall–Kier alpha value is -2.83. The van der Waals surface area contributed by atoms with Crippen LogP contribution in [0.1, 0.15) is 65.9 Å². The van der Waals surface area contributed by atoms with Crippen LogP contribution >= 0.6 is 0 Å². The number of carbonyl (C=O) groups is 1. The number of hydrogen-bond donors (Lipinski definition) is 3. The topological polar surface area (TPSA) is 96.2 Å². The lowest BCUT2D eigenvalue weighted by Crippen LogP contribution is -2.30. The molecule has 0 saturated heterocycles. The molecule has 1 aromatic rings. The Morgan fingerprint density at radius 1 is 1.14 bits per heavy atom. The van der Waals surface area contributed by atoms with Crippen LogP contribution in [-0.2, 0) is 16.0 Å². The lowest BCUT2D eigenvalue weighted by atomic mass is 9.97. The van der Waals surface area contributed by atoms with Crippen molar-refractivity contribution in [1.82, 2.24) is 0 Å². The number of phenolic OH excluding ortho intramolecular Hbond substituents is 1.